The zero-order chi connectivity index (χ0) is 19.5. The van der Waals surface area contributed by atoms with Crippen LogP contribution < -0.4 is 9.47 Å². The lowest BCUT2D eigenvalue weighted by molar-refractivity contribution is -0.432. The van der Waals surface area contributed by atoms with Crippen LogP contribution in [-0.2, 0) is 9.37 Å². The van der Waals surface area contributed by atoms with Crippen molar-refractivity contribution in [3.8, 4) is 28.4 Å². The fraction of sp³-hybridized carbons (Fsp3) is 0.143. The average Bonchev–Trinajstić information content (AvgIpc) is 2.70. The van der Waals surface area contributed by atoms with Crippen LogP contribution in [0.25, 0.3) is 11.1 Å². The van der Waals surface area contributed by atoms with Crippen LogP contribution in [0.15, 0.2) is 72.8 Å². The summed E-state index contributed by atoms with van der Waals surface area (Å²) >= 11 is 0.929. The largest absolute Gasteiger partial charge is 0.497 e. The lowest BCUT2D eigenvalue weighted by Crippen LogP contribution is -1.87. The van der Waals surface area contributed by atoms with Crippen LogP contribution in [0.3, 0.4) is 0 Å². The Morgan fingerprint density at radius 1 is 0.778 bits per heavy atom. The zero-order valence-corrected chi connectivity index (χ0v) is 16.2. The van der Waals surface area contributed by atoms with E-state index in [2.05, 4.69) is 52.7 Å². The van der Waals surface area contributed by atoms with E-state index in [4.69, 9.17) is 14.7 Å². The summed E-state index contributed by atoms with van der Waals surface area (Å²) in [7, 11) is 1.65. The molecule has 0 amide bonds. The first-order valence-corrected chi connectivity index (χ1v) is 9.31. The zero-order valence-electron chi connectivity index (χ0n) is 15.4. The van der Waals surface area contributed by atoms with Gasteiger partial charge in [-0.05, 0) is 42.3 Å². The Balaban J connectivity index is 0.000000465. The van der Waals surface area contributed by atoms with Crippen molar-refractivity contribution in [2.24, 2.45) is 0 Å². The van der Waals surface area contributed by atoms with Gasteiger partial charge in [0, 0.05) is 24.4 Å². The minimum atomic E-state index is 0.766. The molecule has 0 saturated carbocycles. The van der Waals surface area contributed by atoms with E-state index in [1.165, 1.54) is 16.7 Å². The van der Waals surface area contributed by atoms with Gasteiger partial charge in [0.05, 0.1) is 7.11 Å². The summed E-state index contributed by atoms with van der Waals surface area (Å²) < 4.78 is 14.9. The molecular weight excluding hydrogens is 364 g/mol. The third kappa shape index (κ3) is 6.96. The summed E-state index contributed by atoms with van der Waals surface area (Å²) in [6.45, 7) is 2.09. The van der Waals surface area contributed by atoms with Crippen LogP contribution in [-0.4, -0.2) is 18.6 Å². The van der Waals surface area contributed by atoms with Gasteiger partial charge in [-0.25, -0.2) is 5.26 Å². The molecule has 27 heavy (non-hydrogen) atoms. The van der Waals surface area contributed by atoms with E-state index in [1.54, 1.807) is 13.4 Å². The van der Waals surface area contributed by atoms with Crippen molar-refractivity contribution >= 4 is 12.0 Å². The summed E-state index contributed by atoms with van der Waals surface area (Å²) in [6.07, 6.45) is 1.62. The molecule has 0 atom stereocenters. The summed E-state index contributed by atoms with van der Waals surface area (Å²) in [5.74, 6) is 2.36. The van der Waals surface area contributed by atoms with Gasteiger partial charge in [0.2, 0.25) is 0 Å². The summed E-state index contributed by atoms with van der Waals surface area (Å²) in [6, 6.07) is 24.2. The smallest absolute Gasteiger partial charge is 0.131 e. The molecule has 0 unspecified atom stereocenters. The second-order valence-electron chi connectivity index (χ2n) is 5.48. The number of aryl methyl sites for hydroxylation is 1. The minimum absolute atomic E-state index is 0.766. The Bertz CT molecular complexity index is 802. The molecule has 0 aromatic heterocycles. The van der Waals surface area contributed by atoms with Gasteiger partial charge in [-0.1, -0.05) is 53.1 Å². The maximum Gasteiger partial charge on any atom is 0.131 e. The summed E-state index contributed by atoms with van der Waals surface area (Å²) in [5, 5.41) is 10.5. The number of ether oxygens (including phenoxy) is 2. The molecule has 0 aliphatic carbocycles. The molecule has 0 aliphatic rings. The number of hydrogen-bond donors (Lipinski definition) is 1. The highest BCUT2D eigenvalue weighted by molar-refractivity contribution is 7.93. The maximum absolute atomic E-state index is 7.32. The standard InChI is InChI=1S/C20H18O2.CH4O3S/c1-15-6-8-16(9-7-15)17-10-12-18(13-11-17)22-20-5-3-4-19(14-20)21-2;1-5-4-3-2/h3-14H,1-2H3;2H,1H3. The normalized spacial score (nSPS) is 9.93. The average molecular weight is 386 g/mol. The van der Waals surface area contributed by atoms with Gasteiger partial charge in [0.1, 0.15) is 17.2 Å². The van der Waals surface area contributed by atoms with Crippen LogP contribution in [0.5, 0.6) is 17.2 Å². The SMILES string of the molecule is COc1cccc(Oc2ccc(-c3ccc(C)cc3)cc2)c1.CSOOO. The number of rotatable bonds is 6. The molecule has 0 fully saturated rings. The Hall–Kier alpha value is -2.51. The molecule has 142 valence electrons. The van der Waals surface area contributed by atoms with Crippen molar-refractivity contribution in [2.45, 2.75) is 6.92 Å². The second-order valence-corrected chi connectivity index (χ2v) is 5.95. The second kappa shape index (κ2) is 11.3. The number of benzene rings is 3. The highest BCUT2D eigenvalue weighted by Gasteiger charge is 2.01. The van der Waals surface area contributed by atoms with Crippen LogP contribution in [0.2, 0.25) is 0 Å². The first-order valence-electron chi connectivity index (χ1n) is 8.16. The highest BCUT2D eigenvalue weighted by Crippen LogP contribution is 2.27. The van der Waals surface area contributed by atoms with Crippen molar-refractivity contribution in [3.05, 3.63) is 78.4 Å². The van der Waals surface area contributed by atoms with Crippen LogP contribution >= 0.6 is 12.0 Å². The molecule has 0 heterocycles. The van der Waals surface area contributed by atoms with Gasteiger partial charge >= 0.3 is 0 Å². The molecule has 3 rings (SSSR count). The van der Waals surface area contributed by atoms with Crippen molar-refractivity contribution in [1.82, 2.24) is 0 Å². The number of methoxy groups -OCH3 is 1. The quantitative estimate of drug-likeness (QED) is 0.312. The first kappa shape index (κ1) is 20.8. The lowest BCUT2D eigenvalue weighted by Gasteiger charge is -2.08. The van der Waals surface area contributed by atoms with E-state index in [0.717, 1.165) is 29.3 Å². The Morgan fingerprint density at radius 2 is 1.37 bits per heavy atom. The van der Waals surface area contributed by atoms with E-state index < -0.39 is 0 Å². The summed E-state index contributed by atoms with van der Waals surface area (Å²) in [5.41, 5.74) is 3.65. The van der Waals surface area contributed by atoms with Gasteiger partial charge in [0.25, 0.3) is 0 Å². The molecule has 5 nitrogen and oxygen atoms in total. The van der Waals surface area contributed by atoms with Crippen LogP contribution in [0, 0.1) is 6.92 Å². The van der Waals surface area contributed by atoms with E-state index in [9.17, 15) is 0 Å². The topological polar surface area (TPSA) is 57.2 Å². The molecule has 6 heteroatoms. The molecule has 3 aromatic rings. The number of hydrogen-bond acceptors (Lipinski definition) is 6. The predicted octanol–water partition coefficient (Wildman–Crippen LogP) is 6.15. The molecular formula is C21H22O5S. The first-order chi connectivity index (χ1) is 13.2. The Morgan fingerprint density at radius 3 is 1.89 bits per heavy atom. The molecule has 0 radical (unpaired) electrons. The van der Waals surface area contributed by atoms with Gasteiger partial charge in [-0.15, -0.1) is 4.33 Å². The van der Waals surface area contributed by atoms with Crippen molar-refractivity contribution in [2.75, 3.05) is 13.4 Å². The summed E-state index contributed by atoms with van der Waals surface area (Å²) in [4.78, 5) is 0. The maximum atomic E-state index is 7.32. The van der Waals surface area contributed by atoms with Crippen molar-refractivity contribution in [1.29, 1.82) is 0 Å². The predicted molar refractivity (Wildman–Crippen MR) is 108 cm³/mol. The van der Waals surface area contributed by atoms with Gasteiger partial charge in [-0.2, -0.15) is 0 Å². The van der Waals surface area contributed by atoms with Gasteiger partial charge in [0.15, 0.2) is 0 Å². The van der Waals surface area contributed by atoms with E-state index in [-0.39, 0.29) is 0 Å². The molecule has 3 aromatic carbocycles. The Labute approximate surface area is 163 Å². The Kier molecular flexibility index (Phi) is 8.67. The monoisotopic (exact) mass is 386 g/mol. The minimum Gasteiger partial charge on any atom is -0.497 e. The van der Waals surface area contributed by atoms with Crippen molar-refractivity contribution < 1.29 is 24.1 Å². The molecule has 0 spiro atoms. The third-order valence-electron chi connectivity index (χ3n) is 3.61. The van der Waals surface area contributed by atoms with E-state index >= 15 is 0 Å². The van der Waals surface area contributed by atoms with Crippen molar-refractivity contribution in [3.63, 3.8) is 0 Å². The van der Waals surface area contributed by atoms with E-state index in [1.807, 2.05) is 36.4 Å². The van der Waals surface area contributed by atoms with E-state index in [0.29, 0.717) is 0 Å². The third-order valence-corrected chi connectivity index (χ3v) is 3.81. The lowest BCUT2D eigenvalue weighted by atomic mass is 10.0. The highest BCUT2D eigenvalue weighted by atomic mass is 32.2. The van der Waals surface area contributed by atoms with Gasteiger partial charge in [-0.3, -0.25) is 0 Å². The fourth-order valence-electron chi connectivity index (χ4n) is 2.29. The molecule has 0 bridgehead atoms. The molecule has 0 aliphatic heterocycles. The van der Waals surface area contributed by atoms with Crippen LogP contribution in [0.4, 0.5) is 0 Å². The van der Waals surface area contributed by atoms with Crippen LogP contribution in [0.1, 0.15) is 5.56 Å². The molecule has 0 saturated heterocycles. The van der Waals surface area contributed by atoms with Gasteiger partial charge < -0.3 is 9.47 Å². The molecule has 1 N–H and O–H groups in total. The fourth-order valence-corrected chi connectivity index (χ4v) is 2.35.